The zero-order chi connectivity index (χ0) is 15.5. The second kappa shape index (κ2) is 6.21. The average molecular weight is 311 g/mol. The number of ether oxygens (including phenoxy) is 1. The van der Waals surface area contributed by atoms with Gasteiger partial charge in [-0.2, -0.15) is 10.1 Å². The quantitative estimate of drug-likeness (QED) is 0.750. The smallest absolute Gasteiger partial charge is 0.278 e. The monoisotopic (exact) mass is 311 g/mol. The maximum Gasteiger partial charge on any atom is 0.278 e. The molecule has 1 aliphatic heterocycles. The van der Waals surface area contributed by atoms with Crippen LogP contribution in [0.4, 0.5) is 0 Å². The van der Waals surface area contributed by atoms with Crippen molar-refractivity contribution < 1.29 is 9.26 Å². The van der Waals surface area contributed by atoms with Gasteiger partial charge in [0.1, 0.15) is 5.75 Å². The Kier molecular flexibility index (Phi) is 3.77. The molecule has 0 radical (unpaired) electrons. The van der Waals surface area contributed by atoms with E-state index in [0.29, 0.717) is 23.3 Å². The molecular weight excluding hydrogens is 294 g/mol. The van der Waals surface area contributed by atoms with Crippen LogP contribution < -0.4 is 10.1 Å². The molecule has 1 unspecified atom stereocenters. The van der Waals surface area contributed by atoms with Crippen molar-refractivity contribution in [1.82, 2.24) is 25.7 Å². The van der Waals surface area contributed by atoms with Crippen LogP contribution >= 0.6 is 0 Å². The van der Waals surface area contributed by atoms with E-state index in [9.17, 15) is 0 Å². The van der Waals surface area contributed by atoms with Crippen LogP contribution in [0.25, 0.3) is 11.6 Å². The number of H-pyrrole nitrogens is 1. The van der Waals surface area contributed by atoms with Gasteiger partial charge in [0.25, 0.3) is 5.89 Å². The van der Waals surface area contributed by atoms with E-state index in [2.05, 4.69) is 25.7 Å². The van der Waals surface area contributed by atoms with Gasteiger partial charge >= 0.3 is 0 Å². The lowest BCUT2D eigenvalue weighted by Crippen LogP contribution is -2.08. The third-order valence-corrected chi connectivity index (χ3v) is 3.90. The highest BCUT2D eigenvalue weighted by Crippen LogP contribution is 2.24. The van der Waals surface area contributed by atoms with Gasteiger partial charge in [-0.25, -0.2) is 0 Å². The summed E-state index contributed by atoms with van der Waals surface area (Å²) in [5.41, 5.74) is 1.77. The number of hydrogen-bond donors (Lipinski definition) is 2. The number of rotatable bonds is 5. The molecule has 1 aromatic carbocycles. The van der Waals surface area contributed by atoms with Crippen LogP contribution in [-0.4, -0.2) is 33.4 Å². The second-order valence-electron chi connectivity index (χ2n) is 5.52. The fraction of sp³-hybridized carbons (Fsp3) is 0.312. The number of nitrogens with one attached hydrogen (secondary N) is 2. The first-order valence-electron chi connectivity index (χ1n) is 7.65. The van der Waals surface area contributed by atoms with E-state index in [1.807, 2.05) is 36.4 Å². The van der Waals surface area contributed by atoms with Gasteiger partial charge in [-0.3, -0.25) is 5.10 Å². The zero-order valence-electron chi connectivity index (χ0n) is 12.5. The fourth-order valence-corrected chi connectivity index (χ4v) is 2.66. The van der Waals surface area contributed by atoms with Crippen molar-refractivity contribution in [2.24, 2.45) is 0 Å². The van der Waals surface area contributed by atoms with Gasteiger partial charge in [-0.05, 0) is 31.2 Å². The van der Waals surface area contributed by atoms with Crippen LogP contribution in [-0.2, 0) is 6.61 Å². The van der Waals surface area contributed by atoms with Crippen molar-refractivity contribution in [1.29, 1.82) is 0 Å². The molecule has 2 N–H and O–H groups in total. The summed E-state index contributed by atoms with van der Waals surface area (Å²) >= 11 is 0. The van der Waals surface area contributed by atoms with E-state index in [1.165, 1.54) is 0 Å². The molecule has 1 saturated heterocycles. The van der Waals surface area contributed by atoms with E-state index in [1.54, 1.807) is 0 Å². The molecule has 4 rings (SSSR count). The number of aromatic amines is 1. The van der Waals surface area contributed by atoms with Crippen molar-refractivity contribution >= 4 is 0 Å². The van der Waals surface area contributed by atoms with Crippen LogP contribution in [0.5, 0.6) is 5.75 Å². The predicted molar refractivity (Wildman–Crippen MR) is 82.9 cm³/mol. The molecule has 23 heavy (non-hydrogen) atoms. The standard InChI is InChI=1S/C16H17N5O2/c1-2-4-12(5-3-1)22-10-15-18-16(23-21-15)14-8-13(19-20-14)11-6-7-17-9-11/h1-5,8,11,17H,6-7,9-10H2,(H,19,20). The van der Waals surface area contributed by atoms with Crippen LogP contribution in [0, 0.1) is 0 Å². The Morgan fingerprint density at radius 1 is 1.26 bits per heavy atom. The summed E-state index contributed by atoms with van der Waals surface area (Å²) in [5, 5.41) is 14.6. The minimum Gasteiger partial charge on any atom is -0.485 e. The summed E-state index contributed by atoms with van der Waals surface area (Å²) < 4.78 is 10.9. The number of nitrogens with zero attached hydrogens (tertiary/aromatic N) is 3. The Morgan fingerprint density at radius 3 is 3.00 bits per heavy atom. The fourth-order valence-electron chi connectivity index (χ4n) is 2.66. The van der Waals surface area contributed by atoms with Crippen molar-refractivity contribution in [3.05, 3.63) is 47.9 Å². The molecule has 3 heterocycles. The van der Waals surface area contributed by atoms with Gasteiger partial charge in [-0.15, -0.1) is 0 Å². The topological polar surface area (TPSA) is 88.9 Å². The first-order chi connectivity index (χ1) is 11.4. The first kappa shape index (κ1) is 14.0. The lowest BCUT2D eigenvalue weighted by Gasteiger charge is -2.02. The summed E-state index contributed by atoms with van der Waals surface area (Å²) in [6, 6.07) is 11.5. The summed E-state index contributed by atoms with van der Waals surface area (Å²) in [4.78, 5) is 4.33. The number of aromatic nitrogens is 4. The Labute approximate surface area is 133 Å². The molecule has 7 heteroatoms. The third kappa shape index (κ3) is 3.09. The van der Waals surface area contributed by atoms with Gasteiger partial charge in [0, 0.05) is 18.2 Å². The van der Waals surface area contributed by atoms with Crippen LogP contribution in [0.3, 0.4) is 0 Å². The Hall–Kier alpha value is -2.67. The lowest BCUT2D eigenvalue weighted by atomic mass is 10.1. The first-order valence-corrected chi connectivity index (χ1v) is 7.65. The summed E-state index contributed by atoms with van der Waals surface area (Å²) in [6.07, 6.45) is 1.11. The molecular formula is C16H17N5O2. The average Bonchev–Trinajstić information content (AvgIpc) is 3.33. The van der Waals surface area contributed by atoms with E-state index < -0.39 is 0 Å². The van der Waals surface area contributed by atoms with Crippen molar-refractivity contribution in [2.75, 3.05) is 13.1 Å². The minimum atomic E-state index is 0.261. The van der Waals surface area contributed by atoms with Crippen LogP contribution in [0.15, 0.2) is 40.9 Å². The highest BCUT2D eigenvalue weighted by molar-refractivity contribution is 5.47. The highest BCUT2D eigenvalue weighted by atomic mass is 16.5. The molecule has 0 bridgehead atoms. The molecule has 118 valence electrons. The molecule has 0 saturated carbocycles. The predicted octanol–water partition coefficient (Wildman–Crippen LogP) is 2.12. The van der Waals surface area contributed by atoms with Crippen molar-refractivity contribution in [3.8, 4) is 17.3 Å². The van der Waals surface area contributed by atoms with Gasteiger partial charge in [0.2, 0.25) is 5.82 Å². The number of benzene rings is 1. The molecule has 0 spiro atoms. The molecule has 3 aromatic rings. The molecule has 7 nitrogen and oxygen atoms in total. The van der Waals surface area contributed by atoms with Gasteiger partial charge in [0.05, 0.1) is 0 Å². The Balaban J connectivity index is 1.43. The summed E-state index contributed by atoms with van der Waals surface area (Å²) in [6.45, 7) is 2.28. The SMILES string of the molecule is c1ccc(OCc2noc(-c3cc(C4CCNC4)[nH]n3)n2)cc1. The summed E-state index contributed by atoms with van der Waals surface area (Å²) in [5.74, 6) is 2.15. The van der Waals surface area contributed by atoms with Gasteiger partial charge < -0.3 is 14.6 Å². The van der Waals surface area contributed by atoms with E-state index >= 15 is 0 Å². The summed E-state index contributed by atoms with van der Waals surface area (Å²) in [7, 11) is 0. The number of para-hydroxylation sites is 1. The van der Waals surface area contributed by atoms with Crippen molar-refractivity contribution in [2.45, 2.75) is 18.9 Å². The van der Waals surface area contributed by atoms with Crippen molar-refractivity contribution in [3.63, 3.8) is 0 Å². The molecule has 2 aromatic heterocycles. The van der Waals surface area contributed by atoms with Crippen LogP contribution in [0.1, 0.15) is 23.9 Å². The van der Waals surface area contributed by atoms with Gasteiger partial charge in [-0.1, -0.05) is 23.4 Å². The second-order valence-corrected chi connectivity index (χ2v) is 5.52. The molecule has 0 aliphatic carbocycles. The lowest BCUT2D eigenvalue weighted by molar-refractivity contribution is 0.287. The molecule has 0 amide bonds. The van der Waals surface area contributed by atoms with E-state index in [4.69, 9.17) is 9.26 Å². The zero-order valence-corrected chi connectivity index (χ0v) is 12.5. The maximum atomic E-state index is 5.61. The minimum absolute atomic E-state index is 0.261. The van der Waals surface area contributed by atoms with E-state index in [0.717, 1.165) is 31.0 Å². The number of hydrogen-bond acceptors (Lipinski definition) is 6. The normalized spacial score (nSPS) is 17.5. The Morgan fingerprint density at radius 2 is 2.17 bits per heavy atom. The largest absolute Gasteiger partial charge is 0.485 e. The molecule has 1 aliphatic rings. The maximum absolute atomic E-state index is 5.61. The third-order valence-electron chi connectivity index (χ3n) is 3.90. The van der Waals surface area contributed by atoms with Crippen LogP contribution in [0.2, 0.25) is 0 Å². The Bertz CT molecular complexity index is 762. The molecule has 1 fully saturated rings. The molecule has 1 atom stereocenters. The van der Waals surface area contributed by atoms with Gasteiger partial charge in [0.15, 0.2) is 12.3 Å². The van der Waals surface area contributed by atoms with E-state index in [-0.39, 0.29) is 6.61 Å². The highest BCUT2D eigenvalue weighted by Gasteiger charge is 2.20.